The summed E-state index contributed by atoms with van der Waals surface area (Å²) in [4.78, 5) is 2.47. The highest BCUT2D eigenvalue weighted by Crippen LogP contribution is 2.25. The van der Waals surface area contributed by atoms with Crippen LogP contribution in [0.4, 0.5) is 0 Å². The number of benzene rings is 2. The van der Waals surface area contributed by atoms with Gasteiger partial charge in [-0.15, -0.1) is 0 Å². The molecule has 0 radical (unpaired) electrons. The van der Waals surface area contributed by atoms with Gasteiger partial charge in [-0.3, -0.25) is 4.90 Å². The van der Waals surface area contributed by atoms with E-state index in [-0.39, 0.29) is 9.92 Å². The third-order valence-electron chi connectivity index (χ3n) is 4.57. The van der Waals surface area contributed by atoms with Crippen molar-refractivity contribution in [3.8, 4) is 5.75 Å². The summed E-state index contributed by atoms with van der Waals surface area (Å²) in [6.45, 7) is 3.32. The van der Waals surface area contributed by atoms with Crippen LogP contribution in [0, 0.1) is 0 Å². The minimum absolute atomic E-state index is 0.185. The Morgan fingerprint density at radius 3 is 2.42 bits per heavy atom. The fourth-order valence-electron chi connectivity index (χ4n) is 3.13. The Balaban J connectivity index is 1.67. The van der Waals surface area contributed by atoms with Gasteiger partial charge in [0.25, 0.3) is 0 Å². The van der Waals surface area contributed by atoms with Crippen molar-refractivity contribution in [3.63, 3.8) is 0 Å². The molecule has 2 aromatic rings. The van der Waals surface area contributed by atoms with E-state index in [0.717, 1.165) is 25.3 Å². The first kappa shape index (κ1) is 19.2. The lowest BCUT2D eigenvalue weighted by Gasteiger charge is -2.22. The lowest BCUT2D eigenvalue weighted by molar-refractivity contribution is 0.278. The zero-order valence-corrected chi connectivity index (χ0v) is 16.3. The second kappa shape index (κ2) is 8.39. The van der Waals surface area contributed by atoms with Gasteiger partial charge in [-0.25, -0.2) is 8.42 Å². The highest BCUT2D eigenvalue weighted by atomic mass is 35.5. The summed E-state index contributed by atoms with van der Waals surface area (Å²) in [5.74, 6) is 0.835. The molecule has 1 heterocycles. The van der Waals surface area contributed by atoms with Crippen molar-refractivity contribution in [2.75, 3.05) is 33.3 Å². The first-order valence-corrected chi connectivity index (χ1v) is 10.4. The number of hydrogen-bond donors (Lipinski definition) is 0. The van der Waals surface area contributed by atoms with Crippen molar-refractivity contribution in [3.05, 3.63) is 59.1 Å². The molecule has 0 aliphatic carbocycles. The standard InChI is InChI=1S/C19H23ClN2O3S/c1-25-17-9-7-16(8-10-17)15-21-11-4-12-22(14-13-21)26(23,24)19-6-3-2-5-18(19)20/h2-3,5-10H,4,11-15H2,1H3. The molecule has 5 nitrogen and oxygen atoms in total. The molecule has 0 spiro atoms. The second-order valence-electron chi connectivity index (χ2n) is 6.31. The van der Waals surface area contributed by atoms with Crippen molar-refractivity contribution < 1.29 is 13.2 Å². The lowest BCUT2D eigenvalue weighted by atomic mass is 10.2. The zero-order chi connectivity index (χ0) is 18.6. The van der Waals surface area contributed by atoms with Gasteiger partial charge in [0.2, 0.25) is 10.0 Å². The fourth-order valence-corrected chi connectivity index (χ4v) is 5.09. The molecule has 0 bridgehead atoms. The van der Waals surface area contributed by atoms with Gasteiger partial charge in [-0.2, -0.15) is 4.31 Å². The molecule has 3 rings (SSSR count). The van der Waals surface area contributed by atoms with Crippen LogP contribution in [-0.2, 0) is 16.6 Å². The third kappa shape index (κ3) is 4.38. The van der Waals surface area contributed by atoms with E-state index >= 15 is 0 Å². The number of halogens is 1. The normalized spacial score (nSPS) is 17.0. The number of ether oxygens (including phenoxy) is 1. The summed E-state index contributed by atoms with van der Waals surface area (Å²) >= 11 is 6.10. The first-order chi connectivity index (χ1) is 12.5. The predicted molar refractivity (Wildman–Crippen MR) is 103 cm³/mol. The average Bonchev–Trinajstić information content (AvgIpc) is 2.89. The smallest absolute Gasteiger partial charge is 0.244 e. The molecule has 2 aromatic carbocycles. The Morgan fingerprint density at radius 2 is 1.73 bits per heavy atom. The fraction of sp³-hybridized carbons (Fsp3) is 0.368. The van der Waals surface area contributed by atoms with Crippen LogP contribution in [-0.4, -0.2) is 50.9 Å². The molecule has 0 atom stereocenters. The highest BCUT2D eigenvalue weighted by molar-refractivity contribution is 7.89. The summed E-state index contributed by atoms with van der Waals surface area (Å²) in [5, 5.41) is 0.270. The van der Waals surface area contributed by atoms with Gasteiger partial charge in [-0.1, -0.05) is 35.9 Å². The van der Waals surface area contributed by atoms with Crippen LogP contribution in [0.3, 0.4) is 0 Å². The largest absolute Gasteiger partial charge is 0.497 e. The molecule has 0 amide bonds. The zero-order valence-electron chi connectivity index (χ0n) is 14.8. The highest BCUT2D eigenvalue weighted by Gasteiger charge is 2.28. The maximum atomic E-state index is 12.9. The van der Waals surface area contributed by atoms with E-state index in [1.54, 1.807) is 35.7 Å². The van der Waals surface area contributed by atoms with E-state index in [1.807, 2.05) is 24.3 Å². The molecular formula is C19H23ClN2O3S. The van der Waals surface area contributed by atoms with Crippen molar-refractivity contribution in [1.82, 2.24) is 9.21 Å². The molecule has 0 aromatic heterocycles. The Hall–Kier alpha value is -1.60. The number of methoxy groups -OCH3 is 1. The Morgan fingerprint density at radius 1 is 1.00 bits per heavy atom. The van der Waals surface area contributed by atoms with Gasteiger partial charge in [-0.05, 0) is 42.8 Å². The number of nitrogens with zero attached hydrogens (tertiary/aromatic N) is 2. The number of hydrogen-bond acceptors (Lipinski definition) is 4. The van der Waals surface area contributed by atoms with Gasteiger partial charge in [0.1, 0.15) is 10.6 Å². The summed E-state index contributed by atoms with van der Waals surface area (Å²) in [6, 6.07) is 14.6. The monoisotopic (exact) mass is 394 g/mol. The van der Waals surface area contributed by atoms with Gasteiger partial charge >= 0.3 is 0 Å². The molecule has 26 heavy (non-hydrogen) atoms. The number of sulfonamides is 1. The SMILES string of the molecule is COc1ccc(CN2CCCN(S(=O)(=O)c3ccccc3Cl)CC2)cc1. The topological polar surface area (TPSA) is 49.9 Å². The first-order valence-electron chi connectivity index (χ1n) is 8.60. The number of rotatable bonds is 5. The molecule has 1 saturated heterocycles. The van der Waals surface area contributed by atoms with E-state index in [4.69, 9.17) is 16.3 Å². The summed E-state index contributed by atoms with van der Waals surface area (Å²) in [5.41, 5.74) is 1.19. The average molecular weight is 395 g/mol. The van der Waals surface area contributed by atoms with Gasteiger partial charge in [0, 0.05) is 26.2 Å². The summed E-state index contributed by atoms with van der Waals surface area (Å²) in [6.07, 6.45) is 0.792. The van der Waals surface area contributed by atoms with Crippen molar-refractivity contribution in [2.45, 2.75) is 17.9 Å². The van der Waals surface area contributed by atoms with Crippen molar-refractivity contribution in [1.29, 1.82) is 0 Å². The Kier molecular flexibility index (Phi) is 6.19. The van der Waals surface area contributed by atoms with Gasteiger partial charge in [0.15, 0.2) is 0 Å². The van der Waals surface area contributed by atoms with E-state index in [2.05, 4.69) is 4.90 Å². The maximum absolute atomic E-state index is 12.9. The summed E-state index contributed by atoms with van der Waals surface area (Å²) < 4.78 is 32.5. The molecular weight excluding hydrogens is 372 g/mol. The quantitative estimate of drug-likeness (QED) is 0.781. The molecule has 1 aliphatic rings. The van der Waals surface area contributed by atoms with E-state index in [0.29, 0.717) is 19.6 Å². The maximum Gasteiger partial charge on any atom is 0.244 e. The lowest BCUT2D eigenvalue weighted by Crippen LogP contribution is -2.35. The van der Waals surface area contributed by atoms with Crippen LogP contribution in [0.15, 0.2) is 53.4 Å². The molecule has 7 heteroatoms. The van der Waals surface area contributed by atoms with Gasteiger partial charge < -0.3 is 4.74 Å². The Bertz CT molecular complexity index is 840. The Labute approximate surface area is 160 Å². The minimum Gasteiger partial charge on any atom is -0.497 e. The van der Waals surface area contributed by atoms with E-state index in [9.17, 15) is 8.42 Å². The van der Waals surface area contributed by atoms with Crippen LogP contribution in [0.1, 0.15) is 12.0 Å². The third-order valence-corrected chi connectivity index (χ3v) is 6.97. The summed E-state index contributed by atoms with van der Waals surface area (Å²) in [7, 11) is -1.91. The predicted octanol–water partition coefficient (Wildman–Crippen LogP) is 3.25. The molecule has 1 aliphatic heterocycles. The molecule has 140 valence electrons. The molecule has 0 saturated carbocycles. The minimum atomic E-state index is -3.56. The van der Waals surface area contributed by atoms with E-state index < -0.39 is 10.0 Å². The van der Waals surface area contributed by atoms with Crippen molar-refractivity contribution in [2.24, 2.45) is 0 Å². The van der Waals surface area contributed by atoms with Crippen LogP contribution >= 0.6 is 11.6 Å². The van der Waals surface area contributed by atoms with Crippen LogP contribution in [0.5, 0.6) is 5.75 Å². The van der Waals surface area contributed by atoms with Crippen molar-refractivity contribution >= 4 is 21.6 Å². The van der Waals surface area contributed by atoms with E-state index in [1.165, 1.54) is 5.56 Å². The molecule has 0 N–H and O–H groups in total. The second-order valence-corrected chi connectivity index (χ2v) is 8.63. The van der Waals surface area contributed by atoms with Crippen LogP contribution in [0.2, 0.25) is 5.02 Å². The van der Waals surface area contributed by atoms with Crippen LogP contribution < -0.4 is 4.74 Å². The van der Waals surface area contributed by atoms with Gasteiger partial charge in [0.05, 0.1) is 12.1 Å². The molecule has 1 fully saturated rings. The molecule has 0 unspecified atom stereocenters. The van der Waals surface area contributed by atoms with Crippen LogP contribution in [0.25, 0.3) is 0 Å².